The van der Waals surface area contributed by atoms with E-state index < -0.39 is 4.92 Å². The molecule has 0 amide bonds. The minimum Gasteiger partial charge on any atom is -0.507 e. The van der Waals surface area contributed by atoms with Gasteiger partial charge in [0.05, 0.1) is 52.9 Å². The van der Waals surface area contributed by atoms with Crippen LogP contribution in [0.2, 0.25) is 0 Å². The molecule has 0 aliphatic rings. The van der Waals surface area contributed by atoms with Crippen molar-refractivity contribution in [1.29, 1.82) is 0 Å². The number of nitrogens with zero attached hydrogens (tertiary/aromatic N) is 11. The number of aromatic hydroxyl groups is 1. The number of nitrogen functional groups attached to an aromatic ring is 1. The number of nitro benzene ring substituents is 1. The predicted molar refractivity (Wildman–Crippen MR) is 297 cm³/mol. The van der Waals surface area contributed by atoms with Crippen molar-refractivity contribution in [2.75, 3.05) is 109 Å². The van der Waals surface area contributed by atoms with Crippen molar-refractivity contribution in [1.82, 2.24) is 38.9 Å². The van der Waals surface area contributed by atoms with E-state index in [-0.39, 0.29) is 17.4 Å². The summed E-state index contributed by atoms with van der Waals surface area (Å²) in [7, 11) is 15.0. The Balaban J connectivity index is 0.000000205. The van der Waals surface area contributed by atoms with Crippen LogP contribution in [0.3, 0.4) is 0 Å². The SMILES string of the molecule is COc1cc(N(C)CCN(C)C)c(N)cc1Nc1nccc(-n2ccc3c(O)cccc32)n1.COc1cc(N(C)CCN(C)C)c([N+](=O)[O-])cc1Nc1nccc(-n2ccc3c(OCc4ccccc4)cccc32)n1. The minimum atomic E-state index is -0.396. The second kappa shape index (κ2) is 23.6. The summed E-state index contributed by atoms with van der Waals surface area (Å²) in [5, 5.41) is 30.2. The highest BCUT2D eigenvalue weighted by molar-refractivity contribution is 5.89. The van der Waals surface area contributed by atoms with E-state index in [4.69, 9.17) is 24.9 Å². The van der Waals surface area contributed by atoms with Crippen LogP contribution in [0.5, 0.6) is 23.0 Å². The molecule has 20 heteroatoms. The summed E-state index contributed by atoms with van der Waals surface area (Å²) in [4.78, 5) is 37.8. The third-order valence-electron chi connectivity index (χ3n) is 12.3. The van der Waals surface area contributed by atoms with Crippen molar-refractivity contribution in [2.45, 2.75) is 6.61 Å². The molecule has 0 radical (unpaired) electrons. The summed E-state index contributed by atoms with van der Waals surface area (Å²) < 4.78 is 21.2. The monoisotopic (exact) mass is 1010 g/mol. The van der Waals surface area contributed by atoms with Gasteiger partial charge in [-0.2, -0.15) is 9.97 Å². The molecule has 9 aromatic rings. The maximum atomic E-state index is 12.0. The molecule has 0 saturated carbocycles. The van der Waals surface area contributed by atoms with Crippen LogP contribution in [0.4, 0.5) is 46.0 Å². The average molecular weight is 1020 g/mol. The molecule has 4 heterocycles. The molecule has 0 fully saturated rings. The Bertz CT molecular complexity index is 3400. The van der Waals surface area contributed by atoms with E-state index in [9.17, 15) is 15.2 Å². The molecule has 0 bridgehead atoms. The molecule has 388 valence electrons. The number of anilines is 7. The highest BCUT2D eigenvalue weighted by Crippen LogP contribution is 2.40. The number of ether oxygens (including phenoxy) is 3. The number of methoxy groups -OCH3 is 2. The van der Waals surface area contributed by atoms with Crippen LogP contribution in [-0.2, 0) is 6.61 Å². The average Bonchev–Trinajstić information content (AvgIpc) is 4.06. The van der Waals surface area contributed by atoms with Gasteiger partial charge in [0.25, 0.3) is 5.69 Å². The smallest absolute Gasteiger partial charge is 0.294 e. The number of hydrogen-bond acceptors (Lipinski definition) is 17. The highest BCUT2D eigenvalue weighted by Gasteiger charge is 2.23. The van der Waals surface area contributed by atoms with Gasteiger partial charge in [0.15, 0.2) is 0 Å². The normalized spacial score (nSPS) is 11.1. The molecule has 75 heavy (non-hydrogen) atoms. The largest absolute Gasteiger partial charge is 0.507 e. The van der Waals surface area contributed by atoms with E-state index in [2.05, 4.69) is 35.4 Å². The van der Waals surface area contributed by atoms with Crippen LogP contribution < -0.4 is 40.4 Å². The highest BCUT2D eigenvalue weighted by atomic mass is 16.6. The van der Waals surface area contributed by atoms with Gasteiger partial charge in [-0.05, 0) is 88.4 Å². The van der Waals surface area contributed by atoms with Crippen molar-refractivity contribution < 1.29 is 24.2 Å². The maximum Gasteiger partial charge on any atom is 0.294 e. The van der Waals surface area contributed by atoms with Gasteiger partial charge in [0.2, 0.25) is 11.9 Å². The second-order valence-electron chi connectivity index (χ2n) is 18.1. The molecule has 0 atom stereocenters. The number of aromatic nitrogens is 6. The van der Waals surface area contributed by atoms with Crippen molar-refractivity contribution in [2.24, 2.45) is 0 Å². The summed E-state index contributed by atoms with van der Waals surface area (Å²) in [5.74, 6) is 4.04. The second-order valence-corrected chi connectivity index (χ2v) is 18.1. The predicted octanol–water partition coefficient (Wildman–Crippen LogP) is 9.12. The minimum absolute atomic E-state index is 0.0462. The van der Waals surface area contributed by atoms with Crippen LogP contribution in [0, 0.1) is 10.1 Å². The molecular weight excluding hydrogens is 953 g/mol. The third-order valence-corrected chi connectivity index (χ3v) is 12.3. The van der Waals surface area contributed by atoms with Gasteiger partial charge in [-0.3, -0.25) is 10.1 Å². The summed E-state index contributed by atoms with van der Waals surface area (Å²) in [6.45, 7) is 3.55. The fourth-order valence-electron chi connectivity index (χ4n) is 8.28. The Kier molecular flexibility index (Phi) is 16.4. The summed E-state index contributed by atoms with van der Waals surface area (Å²) in [5.41, 5.74) is 12.2. The number of rotatable bonds is 20. The van der Waals surface area contributed by atoms with Gasteiger partial charge >= 0.3 is 0 Å². The third kappa shape index (κ3) is 12.4. The topological polar surface area (TPSA) is 216 Å². The van der Waals surface area contributed by atoms with Crippen molar-refractivity contribution in [3.63, 3.8) is 0 Å². The quantitative estimate of drug-likeness (QED) is 0.0318. The number of nitrogens with one attached hydrogen (secondary N) is 2. The van der Waals surface area contributed by atoms with Crippen molar-refractivity contribution in [3.05, 3.63) is 156 Å². The van der Waals surface area contributed by atoms with Crippen LogP contribution in [0.15, 0.2) is 140 Å². The summed E-state index contributed by atoms with van der Waals surface area (Å²) in [6.07, 6.45) is 7.11. The van der Waals surface area contributed by atoms with Crippen molar-refractivity contribution >= 4 is 67.8 Å². The van der Waals surface area contributed by atoms with E-state index in [1.165, 1.54) is 13.2 Å². The van der Waals surface area contributed by atoms with Crippen LogP contribution in [0.1, 0.15) is 5.56 Å². The molecule has 4 aromatic heterocycles. The van der Waals surface area contributed by atoms with E-state index >= 15 is 0 Å². The standard InChI is InChI=1S/C31H33N7O4.C24H29N7O2/c1-35(2)17-18-36(3)26-20-29(41-4)24(19-27(26)38(39)40)33-31-32-15-13-30(34-31)37-16-14-23-25(37)11-8-12-28(23)42-21-22-9-6-5-7-10-22;1-29(2)12-13-30(3)20-15-22(33-4)18(14-17(20)25)27-24-26-10-8-23(28-24)31-11-9-16-19(31)6-5-7-21(16)32/h5-16,19-20H,17-18,21H2,1-4H3,(H,32,33,34);5-11,14-15,32H,12-13,25H2,1-4H3,(H,26,27,28). The molecule has 0 aliphatic heterocycles. The van der Waals surface area contributed by atoms with Gasteiger partial charge in [-0.25, -0.2) is 9.97 Å². The Morgan fingerprint density at radius 1 is 0.627 bits per heavy atom. The van der Waals surface area contributed by atoms with Gasteiger partial charge in [0, 0.05) is 94.0 Å². The first-order valence-electron chi connectivity index (χ1n) is 24.0. The molecule has 0 unspecified atom stereocenters. The van der Waals surface area contributed by atoms with Gasteiger partial charge in [0.1, 0.15) is 46.9 Å². The number of phenols is 1. The molecule has 20 nitrogen and oxygen atoms in total. The molecule has 0 aliphatic carbocycles. The zero-order valence-corrected chi connectivity index (χ0v) is 43.3. The van der Waals surface area contributed by atoms with E-state index in [1.54, 1.807) is 43.8 Å². The Hall–Kier alpha value is -9.14. The first-order valence-corrected chi connectivity index (χ1v) is 24.0. The lowest BCUT2D eigenvalue weighted by Gasteiger charge is -2.24. The molecule has 0 spiro atoms. The Morgan fingerprint density at radius 2 is 1.16 bits per heavy atom. The van der Waals surface area contributed by atoms with Crippen LogP contribution in [0.25, 0.3) is 33.4 Å². The number of hydrogen-bond donors (Lipinski definition) is 4. The first kappa shape index (κ1) is 52.2. The molecular formula is C55H62N14O6. The first-order chi connectivity index (χ1) is 36.2. The number of nitro groups is 1. The number of nitrogens with two attached hydrogens (primary N) is 1. The Morgan fingerprint density at radius 3 is 1.73 bits per heavy atom. The van der Waals surface area contributed by atoms with Crippen LogP contribution >= 0.6 is 0 Å². The van der Waals surface area contributed by atoms with E-state index in [0.717, 1.165) is 58.4 Å². The van der Waals surface area contributed by atoms with Gasteiger partial charge in [-0.1, -0.05) is 42.5 Å². The zero-order valence-electron chi connectivity index (χ0n) is 43.3. The summed E-state index contributed by atoms with van der Waals surface area (Å²) in [6, 6.07) is 35.6. The lowest BCUT2D eigenvalue weighted by atomic mass is 10.2. The molecule has 5 N–H and O–H groups in total. The fourth-order valence-corrected chi connectivity index (χ4v) is 8.28. The number of phenolic OH excluding ortho intramolecular Hbond substituents is 1. The number of likely N-dealkylation sites (N-methyl/N-ethyl adjacent to an activating group) is 4. The van der Waals surface area contributed by atoms with Crippen LogP contribution in [-0.4, -0.2) is 132 Å². The van der Waals surface area contributed by atoms with E-state index in [1.807, 2.05) is 159 Å². The Labute approximate surface area is 435 Å². The number of fused-ring (bicyclic) bond motifs is 2. The lowest BCUT2D eigenvalue weighted by Crippen LogP contribution is -2.29. The summed E-state index contributed by atoms with van der Waals surface area (Å²) >= 11 is 0. The van der Waals surface area contributed by atoms with Crippen molar-refractivity contribution in [3.8, 4) is 34.6 Å². The lowest BCUT2D eigenvalue weighted by molar-refractivity contribution is -0.384. The fraction of sp³-hybridized carbons (Fsp3) is 0.236. The zero-order chi connectivity index (χ0) is 53.2. The molecule has 9 rings (SSSR count). The maximum absolute atomic E-state index is 12.0. The van der Waals surface area contributed by atoms with E-state index in [0.29, 0.717) is 65.0 Å². The van der Waals surface area contributed by atoms with Gasteiger partial charge < -0.3 is 64.4 Å². The molecule has 0 saturated heterocycles. The van der Waals surface area contributed by atoms with Gasteiger partial charge in [-0.15, -0.1) is 0 Å². The molecule has 5 aromatic carbocycles. The number of benzene rings is 5.